The number of hydrogen-bond donors (Lipinski definition) is 0. The molecule has 0 unspecified atom stereocenters. The Morgan fingerprint density at radius 3 is 2.40 bits per heavy atom. The van der Waals surface area contributed by atoms with Crippen molar-refractivity contribution < 1.29 is 9.59 Å². The summed E-state index contributed by atoms with van der Waals surface area (Å²) < 4.78 is 1.63. The molecule has 2 aromatic rings. The summed E-state index contributed by atoms with van der Waals surface area (Å²) in [6.07, 6.45) is 3.99. The number of likely N-dealkylation sites (tertiary alicyclic amines) is 1. The van der Waals surface area contributed by atoms with Gasteiger partial charge in [0.25, 0.3) is 5.91 Å². The summed E-state index contributed by atoms with van der Waals surface area (Å²) in [4.78, 5) is 29.1. The smallest absolute Gasteiger partial charge is 0.253 e. The fraction of sp³-hybridized carbons (Fsp3) is 0.286. The van der Waals surface area contributed by atoms with E-state index in [1.54, 1.807) is 28.0 Å². The van der Waals surface area contributed by atoms with Crippen LogP contribution in [0, 0.1) is 0 Å². The number of carbonyl (C=O) groups is 2. The molecule has 6 nitrogen and oxygen atoms in total. The molecular formula is C14H14N4O2. The van der Waals surface area contributed by atoms with Crippen LogP contribution in [0.25, 0.3) is 5.69 Å². The molecule has 3 rings (SSSR count). The standard InChI is InChI=1S/C14H14N4O2/c19-13-5-7-17(8-6-13)14(20)11-1-3-12(4-2-11)18-10-15-9-16-18/h1-4,9-10H,5-8H2. The number of piperidine rings is 1. The SMILES string of the molecule is O=C1CCN(C(=O)c2ccc(-n3cncn3)cc2)CC1. The molecule has 0 atom stereocenters. The summed E-state index contributed by atoms with van der Waals surface area (Å²) >= 11 is 0. The minimum atomic E-state index is -0.0253. The minimum absolute atomic E-state index is 0.0253. The lowest BCUT2D eigenvalue weighted by Crippen LogP contribution is -2.38. The third-order valence-corrected chi connectivity index (χ3v) is 3.41. The number of carbonyl (C=O) groups excluding carboxylic acids is 2. The second-order valence-electron chi connectivity index (χ2n) is 4.72. The van der Waals surface area contributed by atoms with Gasteiger partial charge >= 0.3 is 0 Å². The van der Waals surface area contributed by atoms with Crippen molar-refractivity contribution in [2.75, 3.05) is 13.1 Å². The van der Waals surface area contributed by atoms with E-state index in [-0.39, 0.29) is 11.7 Å². The van der Waals surface area contributed by atoms with Gasteiger partial charge in [-0.25, -0.2) is 9.67 Å². The number of ketones is 1. The lowest BCUT2D eigenvalue weighted by atomic mass is 10.1. The van der Waals surface area contributed by atoms with Crippen LogP contribution in [-0.2, 0) is 4.79 Å². The van der Waals surface area contributed by atoms with Crippen molar-refractivity contribution >= 4 is 11.7 Å². The number of hydrogen-bond acceptors (Lipinski definition) is 4. The summed E-state index contributed by atoms with van der Waals surface area (Å²) in [6, 6.07) is 7.21. The Morgan fingerprint density at radius 2 is 1.80 bits per heavy atom. The Balaban J connectivity index is 1.74. The van der Waals surface area contributed by atoms with E-state index in [9.17, 15) is 9.59 Å². The van der Waals surface area contributed by atoms with Crippen LogP contribution in [0.1, 0.15) is 23.2 Å². The average Bonchev–Trinajstić information content (AvgIpc) is 3.02. The molecular weight excluding hydrogens is 256 g/mol. The highest BCUT2D eigenvalue weighted by molar-refractivity contribution is 5.95. The first-order valence-corrected chi connectivity index (χ1v) is 6.50. The molecule has 0 bridgehead atoms. The Labute approximate surface area is 116 Å². The second kappa shape index (κ2) is 5.24. The van der Waals surface area contributed by atoms with Crippen molar-refractivity contribution in [2.45, 2.75) is 12.8 Å². The van der Waals surface area contributed by atoms with Crippen LogP contribution in [0.4, 0.5) is 0 Å². The van der Waals surface area contributed by atoms with Gasteiger partial charge in [-0.15, -0.1) is 0 Å². The van der Waals surface area contributed by atoms with E-state index < -0.39 is 0 Å². The molecule has 1 aliphatic heterocycles. The third-order valence-electron chi connectivity index (χ3n) is 3.41. The summed E-state index contributed by atoms with van der Waals surface area (Å²) in [6.45, 7) is 1.03. The largest absolute Gasteiger partial charge is 0.338 e. The van der Waals surface area contributed by atoms with Gasteiger partial charge in [-0.3, -0.25) is 9.59 Å². The lowest BCUT2D eigenvalue weighted by molar-refractivity contribution is -0.120. The molecule has 102 valence electrons. The van der Waals surface area contributed by atoms with Gasteiger partial charge in [-0.05, 0) is 24.3 Å². The molecule has 0 saturated carbocycles. The van der Waals surface area contributed by atoms with Crippen LogP contribution in [0.3, 0.4) is 0 Å². The van der Waals surface area contributed by atoms with Gasteiger partial charge in [0.1, 0.15) is 18.4 Å². The molecule has 1 aliphatic rings. The highest BCUT2D eigenvalue weighted by Gasteiger charge is 2.21. The van der Waals surface area contributed by atoms with Gasteiger partial charge in [0.05, 0.1) is 5.69 Å². The maximum Gasteiger partial charge on any atom is 0.253 e. The first-order valence-electron chi connectivity index (χ1n) is 6.50. The van der Waals surface area contributed by atoms with E-state index in [0.29, 0.717) is 31.5 Å². The summed E-state index contributed by atoms with van der Waals surface area (Å²) in [5.41, 5.74) is 1.48. The van der Waals surface area contributed by atoms with Crippen LogP contribution >= 0.6 is 0 Å². The first kappa shape index (κ1) is 12.5. The molecule has 0 radical (unpaired) electrons. The van der Waals surface area contributed by atoms with E-state index in [1.165, 1.54) is 6.33 Å². The van der Waals surface area contributed by atoms with Crippen LogP contribution < -0.4 is 0 Å². The lowest BCUT2D eigenvalue weighted by Gasteiger charge is -2.26. The van der Waals surface area contributed by atoms with Crippen molar-refractivity contribution in [3.63, 3.8) is 0 Å². The van der Waals surface area contributed by atoms with E-state index in [0.717, 1.165) is 5.69 Å². The van der Waals surface area contributed by atoms with Crippen molar-refractivity contribution in [2.24, 2.45) is 0 Å². The predicted molar refractivity (Wildman–Crippen MR) is 71.5 cm³/mol. The average molecular weight is 270 g/mol. The number of amides is 1. The number of Topliss-reactive ketones (excluding diaryl/α,β-unsaturated/α-hetero) is 1. The molecule has 0 spiro atoms. The fourth-order valence-corrected chi connectivity index (χ4v) is 2.24. The van der Waals surface area contributed by atoms with Crippen molar-refractivity contribution in [1.82, 2.24) is 19.7 Å². The van der Waals surface area contributed by atoms with Crippen molar-refractivity contribution in [3.8, 4) is 5.69 Å². The van der Waals surface area contributed by atoms with Crippen molar-refractivity contribution in [3.05, 3.63) is 42.5 Å². The number of nitrogens with zero attached hydrogens (tertiary/aromatic N) is 4. The van der Waals surface area contributed by atoms with E-state index in [1.807, 2.05) is 12.1 Å². The van der Waals surface area contributed by atoms with Crippen LogP contribution in [-0.4, -0.2) is 44.4 Å². The molecule has 1 aromatic carbocycles. The Morgan fingerprint density at radius 1 is 1.10 bits per heavy atom. The monoisotopic (exact) mass is 270 g/mol. The van der Waals surface area contributed by atoms with Gasteiger partial charge in [-0.2, -0.15) is 5.10 Å². The molecule has 6 heteroatoms. The number of aromatic nitrogens is 3. The van der Waals surface area contributed by atoms with Gasteiger partial charge < -0.3 is 4.90 Å². The van der Waals surface area contributed by atoms with Crippen LogP contribution in [0.2, 0.25) is 0 Å². The van der Waals surface area contributed by atoms with Gasteiger partial charge in [0.15, 0.2) is 0 Å². The number of benzene rings is 1. The molecule has 20 heavy (non-hydrogen) atoms. The second-order valence-corrected chi connectivity index (χ2v) is 4.72. The zero-order valence-electron chi connectivity index (χ0n) is 10.9. The Bertz CT molecular complexity index is 609. The normalized spacial score (nSPS) is 15.4. The summed E-state index contributed by atoms with van der Waals surface area (Å²) in [5, 5.41) is 4.03. The van der Waals surface area contributed by atoms with Gasteiger partial charge in [-0.1, -0.05) is 0 Å². The molecule has 0 aliphatic carbocycles. The van der Waals surface area contributed by atoms with Gasteiger partial charge in [0, 0.05) is 31.5 Å². The molecule has 1 aromatic heterocycles. The maximum atomic E-state index is 12.3. The van der Waals surface area contributed by atoms with Gasteiger partial charge in [0.2, 0.25) is 0 Å². The quantitative estimate of drug-likeness (QED) is 0.818. The molecule has 0 N–H and O–H groups in total. The zero-order chi connectivity index (χ0) is 13.9. The summed E-state index contributed by atoms with van der Waals surface area (Å²) in [5.74, 6) is 0.207. The van der Waals surface area contributed by atoms with Crippen LogP contribution in [0.15, 0.2) is 36.9 Å². The molecule has 1 saturated heterocycles. The van der Waals surface area contributed by atoms with Crippen molar-refractivity contribution in [1.29, 1.82) is 0 Å². The molecule has 1 fully saturated rings. The Hall–Kier alpha value is -2.50. The minimum Gasteiger partial charge on any atom is -0.338 e. The summed E-state index contributed by atoms with van der Waals surface area (Å²) in [7, 11) is 0. The van der Waals surface area contributed by atoms with E-state index in [4.69, 9.17) is 0 Å². The highest BCUT2D eigenvalue weighted by Crippen LogP contribution is 2.13. The van der Waals surface area contributed by atoms with E-state index in [2.05, 4.69) is 10.1 Å². The maximum absolute atomic E-state index is 12.3. The predicted octanol–water partition coefficient (Wildman–Crippen LogP) is 1.07. The highest BCUT2D eigenvalue weighted by atomic mass is 16.2. The molecule has 1 amide bonds. The van der Waals surface area contributed by atoms with Crippen LogP contribution in [0.5, 0.6) is 0 Å². The third kappa shape index (κ3) is 2.45. The fourth-order valence-electron chi connectivity index (χ4n) is 2.24. The molecule has 2 heterocycles. The Kier molecular flexibility index (Phi) is 3.28. The topological polar surface area (TPSA) is 68.1 Å². The van der Waals surface area contributed by atoms with E-state index >= 15 is 0 Å². The first-order chi connectivity index (χ1) is 9.74. The zero-order valence-corrected chi connectivity index (χ0v) is 10.9. The number of rotatable bonds is 2.